The maximum absolute atomic E-state index is 10.9. The molecule has 17 heavy (non-hydrogen) atoms. The summed E-state index contributed by atoms with van der Waals surface area (Å²) in [5.74, 6) is 0. The fourth-order valence-corrected chi connectivity index (χ4v) is 2.18. The fraction of sp³-hybridized carbons (Fsp3) is 0.500. The molecule has 1 fully saturated rings. The Hall–Kier alpha value is -1.13. The number of hydrogen-bond donors (Lipinski definition) is 2. The summed E-state index contributed by atoms with van der Waals surface area (Å²) in [4.78, 5) is 14.8. The molecule has 1 aliphatic heterocycles. The van der Waals surface area contributed by atoms with Crippen LogP contribution < -0.4 is 10.6 Å². The molecule has 0 saturated carbocycles. The number of carbonyl (C=O) groups is 1. The number of aldehydes is 1. The molecular formula is C12H16ClN3O. The zero-order valence-electron chi connectivity index (χ0n) is 9.58. The zero-order chi connectivity index (χ0) is 12.1. The van der Waals surface area contributed by atoms with Crippen molar-refractivity contribution in [3.8, 4) is 0 Å². The van der Waals surface area contributed by atoms with Gasteiger partial charge in [-0.1, -0.05) is 18.0 Å². The summed E-state index contributed by atoms with van der Waals surface area (Å²) < 4.78 is 0. The van der Waals surface area contributed by atoms with Gasteiger partial charge in [-0.2, -0.15) is 0 Å². The second-order valence-electron chi connectivity index (χ2n) is 4.25. The Bertz CT molecular complexity index is 389. The molecular weight excluding hydrogens is 238 g/mol. The molecule has 5 heteroatoms. The van der Waals surface area contributed by atoms with Crippen molar-refractivity contribution in [1.29, 1.82) is 0 Å². The Morgan fingerprint density at radius 2 is 2.41 bits per heavy atom. The van der Waals surface area contributed by atoms with Crippen molar-refractivity contribution in [1.82, 2.24) is 10.3 Å². The van der Waals surface area contributed by atoms with Crippen LogP contribution in [0.25, 0.3) is 0 Å². The average Bonchev–Trinajstić information content (AvgIpc) is 2.58. The third kappa shape index (κ3) is 3.41. The van der Waals surface area contributed by atoms with Crippen molar-refractivity contribution >= 4 is 23.6 Å². The van der Waals surface area contributed by atoms with E-state index in [0.29, 0.717) is 16.8 Å². The third-order valence-corrected chi connectivity index (χ3v) is 3.14. The second-order valence-corrected chi connectivity index (χ2v) is 4.64. The lowest BCUT2D eigenvalue weighted by molar-refractivity contribution is 0.112. The first-order chi connectivity index (χ1) is 8.29. The van der Waals surface area contributed by atoms with E-state index in [9.17, 15) is 4.79 Å². The van der Waals surface area contributed by atoms with Crippen molar-refractivity contribution in [3.05, 3.63) is 23.0 Å². The highest BCUT2D eigenvalue weighted by molar-refractivity contribution is 6.29. The Kier molecular flexibility index (Phi) is 4.34. The lowest BCUT2D eigenvalue weighted by Gasteiger charge is -2.18. The van der Waals surface area contributed by atoms with E-state index in [0.717, 1.165) is 31.5 Å². The van der Waals surface area contributed by atoms with Gasteiger partial charge in [-0.05, 0) is 25.5 Å². The lowest BCUT2D eigenvalue weighted by Crippen LogP contribution is -2.31. The molecule has 0 spiro atoms. The number of anilines is 1. The van der Waals surface area contributed by atoms with Crippen molar-refractivity contribution in [2.75, 3.05) is 18.4 Å². The molecule has 1 aromatic heterocycles. The van der Waals surface area contributed by atoms with Gasteiger partial charge in [-0.15, -0.1) is 0 Å². The predicted octanol–water partition coefficient (Wildman–Crippen LogP) is 2.10. The number of nitrogens with zero attached hydrogens (tertiary/aromatic N) is 1. The van der Waals surface area contributed by atoms with Crippen LogP contribution in [-0.2, 0) is 0 Å². The molecule has 1 saturated heterocycles. The number of halogens is 1. The minimum atomic E-state index is 0.342. The Morgan fingerprint density at radius 3 is 3.24 bits per heavy atom. The van der Waals surface area contributed by atoms with E-state index in [1.54, 1.807) is 6.07 Å². The van der Waals surface area contributed by atoms with Crippen LogP contribution >= 0.6 is 11.6 Å². The van der Waals surface area contributed by atoms with E-state index in [-0.39, 0.29) is 0 Å². The normalized spacial score (nSPS) is 20.6. The van der Waals surface area contributed by atoms with E-state index in [2.05, 4.69) is 15.6 Å². The van der Waals surface area contributed by atoms with Gasteiger partial charge in [0.2, 0.25) is 0 Å². The van der Waals surface area contributed by atoms with Crippen molar-refractivity contribution in [2.24, 2.45) is 0 Å². The van der Waals surface area contributed by atoms with Crippen LogP contribution in [0.4, 0.5) is 5.69 Å². The van der Waals surface area contributed by atoms with Gasteiger partial charge in [0.1, 0.15) is 5.15 Å². The number of nitrogens with one attached hydrogen (secondary N) is 2. The topological polar surface area (TPSA) is 54.0 Å². The molecule has 92 valence electrons. The first kappa shape index (κ1) is 12.3. The molecule has 0 bridgehead atoms. The second kappa shape index (κ2) is 5.98. The average molecular weight is 254 g/mol. The van der Waals surface area contributed by atoms with Crippen molar-refractivity contribution in [3.63, 3.8) is 0 Å². The molecule has 2 rings (SSSR count). The van der Waals surface area contributed by atoms with Crippen molar-refractivity contribution in [2.45, 2.75) is 25.3 Å². The summed E-state index contributed by atoms with van der Waals surface area (Å²) in [5.41, 5.74) is 1.33. The van der Waals surface area contributed by atoms with E-state index in [4.69, 9.17) is 11.6 Å². The molecule has 1 atom stereocenters. The van der Waals surface area contributed by atoms with Crippen LogP contribution in [0.5, 0.6) is 0 Å². The molecule has 4 nitrogen and oxygen atoms in total. The Balaban J connectivity index is 2.10. The SMILES string of the molecule is O=Cc1cnc(Cl)cc1N[C@H]1CCCCNC1. The first-order valence-electron chi connectivity index (χ1n) is 5.87. The number of rotatable bonds is 3. The largest absolute Gasteiger partial charge is 0.380 e. The van der Waals surface area contributed by atoms with Gasteiger partial charge in [0.25, 0.3) is 0 Å². The Morgan fingerprint density at radius 1 is 1.53 bits per heavy atom. The summed E-state index contributed by atoms with van der Waals surface area (Å²) in [5, 5.41) is 7.14. The van der Waals surface area contributed by atoms with Crippen LogP contribution in [0.3, 0.4) is 0 Å². The highest BCUT2D eigenvalue weighted by atomic mass is 35.5. The minimum absolute atomic E-state index is 0.342. The molecule has 0 amide bonds. The maximum atomic E-state index is 10.9. The summed E-state index contributed by atoms with van der Waals surface area (Å²) in [7, 11) is 0. The van der Waals surface area contributed by atoms with Crippen LogP contribution in [0.1, 0.15) is 29.6 Å². The molecule has 2 heterocycles. The number of hydrogen-bond acceptors (Lipinski definition) is 4. The highest BCUT2D eigenvalue weighted by Crippen LogP contribution is 2.19. The standard InChI is InChI=1S/C12H16ClN3O/c13-12-5-11(9(8-17)6-15-12)16-10-3-1-2-4-14-7-10/h5-6,8,10,14H,1-4,7H2,(H,15,16)/t10-/m0/s1. The minimum Gasteiger partial charge on any atom is -0.380 e. The quantitative estimate of drug-likeness (QED) is 0.640. The van der Waals surface area contributed by atoms with Gasteiger partial charge in [-0.3, -0.25) is 4.79 Å². The number of aromatic nitrogens is 1. The van der Waals surface area contributed by atoms with Crippen LogP contribution in [0.15, 0.2) is 12.3 Å². The van der Waals surface area contributed by atoms with Crippen LogP contribution in [0, 0.1) is 0 Å². The van der Waals surface area contributed by atoms with Gasteiger partial charge in [0.15, 0.2) is 6.29 Å². The summed E-state index contributed by atoms with van der Waals surface area (Å²) >= 11 is 5.84. The molecule has 1 aromatic rings. The maximum Gasteiger partial charge on any atom is 0.153 e. The third-order valence-electron chi connectivity index (χ3n) is 2.93. The van der Waals surface area contributed by atoms with Gasteiger partial charge < -0.3 is 10.6 Å². The Labute approximate surface area is 106 Å². The lowest BCUT2D eigenvalue weighted by atomic mass is 10.1. The molecule has 2 N–H and O–H groups in total. The molecule has 0 aromatic carbocycles. The molecule has 0 unspecified atom stereocenters. The fourth-order valence-electron chi connectivity index (χ4n) is 2.02. The molecule has 0 aliphatic carbocycles. The highest BCUT2D eigenvalue weighted by Gasteiger charge is 2.13. The molecule has 1 aliphatic rings. The summed E-state index contributed by atoms with van der Waals surface area (Å²) in [6.07, 6.45) is 5.80. The first-order valence-corrected chi connectivity index (χ1v) is 6.25. The zero-order valence-corrected chi connectivity index (χ0v) is 10.3. The summed E-state index contributed by atoms with van der Waals surface area (Å²) in [6.45, 7) is 1.98. The monoisotopic (exact) mass is 253 g/mol. The van der Waals surface area contributed by atoms with E-state index in [1.165, 1.54) is 19.0 Å². The molecule has 0 radical (unpaired) electrons. The van der Waals surface area contributed by atoms with Gasteiger partial charge in [0.05, 0.1) is 5.56 Å². The predicted molar refractivity (Wildman–Crippen MR) is 68.8 cm³/mol. The number of carbonyl (C=O) groups excluding carboxylic acids is 1. The summed E-state index contributed by atoms with van der Waals surface area (Å²) in [6, 6.07) is 2.05. The number of pyridine rings is 1. The van der Waals surface area contributed by atoms with E-state index in [1.807, 2.05) is 0 Å². The van der Waals surface area contributed by atoms with Crippen LogP contribution in [-0.4, -0.2) is 30.4 Å². The van der Waals surface area contributed by atoms with E-state index >= 15 is 0 Å². The smallest absolute Gasteiger partial charge is 0.153 e. The van der Waals surface area contributed by atoms with Crippen molar-refractivity contribution < 1.29 is 4.79 Å². The van der Waals surface area contributed by atoms with Gasteiger partial charge in [-0.25, -0.2) is 4.98 Å². The van der Waals surface area contributed by atoms with Crippen LogP contribution in [0.2, 0.25) is 5.15 Å². The van der Waals surface area contributed by atoms with E-state index < -0.39 is 0 Å². The van der Waals surface area contributed by atoms with Gasteiger partial charge in [0, 0.05) is 24.5 Å². The van der Waals surface area contributed by atoms with Gasteiger partial charge >= 0.3 is 0 Å².